The summed E-state index contributed by atoms with van der Waals surface area (Å²) in [5.74, 6) is 1.27. The van der Waals surface area contributed by atoms with Crippen LogP contribution in [-0.2, 0) is 21.2 Å². The number of fused-ring (bicyclic) bond motifs is 1. The summed E-state index contributed by atoms with van der Waals surface area (Å²) in [7, 11) is -3.65. The number of amides is 2. The zero-order valence-electron chi connectivity index (χ0n) is 21.4. The Morgan fingerprint density at radius 3 is 2.63 bits per heavy atom. The Kier molecular flexibility index (Phi) is 5.98. The highest BCUT2D eigenvalue weighted by molar-refractivity contribution is 7.90. The van der Waals surface area contributed by atoms with E-state index in [1.807, 2.05) is 24.8 Å². The van der Waals surface area contributed by atoms with Gasteiger partial charge in [0.15, 0.2) is 26.6 Å². The fourth-order valence-electron chi connectivity index (χ4n) is 5.29. The minimum atomic E-state index is -3.65. The first kappa shape index (κ1) is 24.9. The Bertz CT molecular complexity index is 1580. The molecule has 1 aromatic carbocycles. The number of hydrogen-bond acceptors (Lipinski definition) is 9. The van der Waals surface area contributed by atoms with Crippen molar-refractivity contribution in [3.8, 4) is 10.4 Å². The lowest BCUT2D eigenvalue weighted by Gasteiger charge is -2.24. The quantitative estimate of drug-likeness (QED) is 0.467. The second-order valence-corrected chi connectivity index (χ2v) is 13.2. The van der Waals surface area contributed by atoms with Crippen molar-refractivity contribution in [3.63, 3.8) is 0 Å². The van der Waals surface area contributed by atoms with E-state index in [9.17, 15) is 18.0 Å². The number of sulfone groups is 1. The molecule has 1 N–H and O–H groups in total. The zero-order chi connectivity index (χ0) is 26.8. The Balaban J connectivity index is 1.33. The summed E-state index contributed by atoms with van der Waals surface area (Å²) >= 11 is 1.37. The summed E-state index contributed by atoms with van der Waals surface area (Å²) in [6.07, 6.45) is 7.79. The lowest BCUT2D eigenvalue weighted by Crippen LogP contribution is -2.35. The number of aryl methyl sites for hydroxylation is 1. The molecule has 10 nitrogen and oxygen atoms in total. The maximum absolute atomic E-state index is 13.3. The van der Waals surface area contributed by atoms with Gasteiger partial charge in [0, 0.05) is 31.8 Å². The van der Waals surface area contributed by atoms with E-state index < -0.39 is 9.84 Å². The molecule has 4 heterocycles. The number of aromatic nitrogens is 3. The van der Waals surface area contributed by atoms with Crippen LogP contribution < -0.4 is 10.2 Å². The van der Waals surface area contributed by atoms with Gasteiger partial charge in [0.1, 0.15) is 0 Å². The van der Waals surface area contributed by atoms with E-state index in [2.05, 4.69) is 20.3 Å². The second-order valence-electron chi connectivity index (χ2n) is 10.3. The van der Waals surface area contributed by atoms with Gasteiger partial charge in [0.05, 0.1) is 33.4 Å². The number of nitrogens with one attached hydrogen (secondary N) is 1. The average Bonchev–Trinajstić information content (AvgIpc) is 3.41. The number of rotatable bonds is 7. The van der Waals surface area contributed by atoms with Crippen molar-refractivity contribution in [1.29, 1.82) is 0 Å². The van der Waals surface area contributed by atoms with Crippen LogP contribution in [0.25, 0.3) is 10.4 Å². The molecule has 38 heavy (non-hydrogen) atoms. The summed E-state index contributed by atoms with van der Waals surface area (Å²) in [5.41, 5.74) is 2.47. The van der Waals surface area contributed by atoms with Gasteiger partial charge in [-0.25, -0.2) is 18.4 Å². The minimum absolute atomic E-state index is 0.0330. The Labute approximate surface area is 225 Å². The fourth-order valence-corrected chi connectivity index (χ4v) is 7.18. The topological polar surface area (TPSA) is 125 Å². The lowest BCUT2D eigenvalue weighted by molar-refractivity contribution is -0.117. The summed E-state index contributed by atoms with van der Waals surface area (Å²) in [5, 5.41) is 3.74. The molecule has 1 atom stereocenters. The molecule has 0 spiro atoms. The molecule has 2 fully saturated rings. The van der Waals surface area contributed by atoms with Crippen molar-refractivity contribution >= 4 is 49.8 Å². The first-order chi connectivity index (χ1) is 18.1. The molecule has 0 radical (unpaired) electrons. The maximum Gasteiger partial charge on any atom is 0.256 e. The number of carbonyl (C=O) groups excluding carboxylic acids is 2. The number of carbonyl (C=O) groups is 2. The van der Waals surface area contributed by atoms with Crippen LogP contribution >= 0.6 is 11.3 Å². The van der Waals surface area contributed by atoms with Crippen LogP contribution in [0, 0.1) is 12.8 Å². The molecular formula is C26H28N6O4S2. The highest BCUT2D eigenvalue weighted by atomic mass is 32.2. The molecule has 0 bridgehead atoms. The number of hydrogen-bond donors (Lipinski definition) is 1. The lowest BCUT2D eigenvalue weighted by atomic mass is 10.0. The molecule has 2 aliphatic heterocycles. The zero-order valence-corrected chi connectivity index (χ0v) is 23.0. The van der Waals surface area contributed by atoms with Gasteiger partial charge in [0.25, 0.3) is 5.91 Å². The fraction of sp³-hybridized carbons (Fsp3) is 0.423. The molecule has 1 saturated heterocycles. The molecule has 198 valence electrons. The van der Waals surface area contributed by atoms with Crippen LogP contribution in [0.3, 0.4) is 0 Å². The average molecular weight is 553 g/mol. The third-order valence-electron chi connectivity index (χ3n) is 7.46. The Morgan fingerprint density at radius 1 is 1.16 bits per heavy atom. The number of benzene rings is 1. The first-order valence-electron chi connectivity index (χ1n) is 12.7. The molecule has 1 aliphatic carbocycles. The predicted octanol–water partition coefficient (Wildman–Crippen LogP) is 3.94. The maximum atomic E-state index is 13.3. The van der Waals surface area contributed by atoms with E-state index in [1.165, 1.54) is 11.3 Å². The van der Waals surface area contributed by atoms with E-state index in [4.69, 9.17) is 0 Å². The van der Waals surface area contributed by atoms with E-state index in [-0.39, 0.29) is 22.8 Å². The van der Waals surface area contributed by atoms with Crippen LogP contribution in [0.4, 0.5) is 16.8 Å². The summed E-state index contributed by atoms with van der Waals surface area (Å²) < 4.78 is 25.6. The van der Waals surface area contributed by atoms with E-state index in [0.29, 0.717) is 53.3 Å². The van der Waals surface area contributed by atoms with Crippen LogP contribution in [-0.4, -0.2) is 58.9 Å². The standard InChI is InChI=1S/C26H28N6O4S2/c1-14-24(37-26(28-14)30-20-11-27-12-21(29-20)31-8-4-5-22(31)33)17-9-18-13-32(15(2)16-6-7-16)25(34)23(18)19(10-17)38(3,35)36/h9-12,15-16H,4-8,13H2,1-3H3,(H,28,29,30)/t15-/m0/s1. The largest absolute Gasteiger partial charge is 0.331 e. The van der Waals surface area contributed by atoms with Crippen molar-refractivity contribution in [1.82, 2.24) is 19.9 Å². The third kappa shape index (κ3) is 4.45. The molecule has 3 aromatic rings. The minimum Gasteiger partial charge on any atom is -0.331 e. The third-order valence-corrected chi connectivity index (χ3v) is 9.70. The molecule has 2 aromatic heterocycles. The molecule has 1 saturated carbocycles. The van der Waals surface area contributed by atoms with Crippen molar-refractivity contribution in [2.24, 2.45) is 5.92 Å². The summed E-state index contributed by atoms with van der Waals surface area (Å²) in [6, 6.07) is 3.60. The van der Waals surface area contributed by atoms with Crippen LogP contribution in [0.1, 0.15) is 54.2 Å². The first-order valence-corrected chi connectivity index (χ1v) is 15.4. The molecule has 6 rings (SSSR count). The monoisotopic (exact) mass is 552 g/mol. The Morgan fingerprint density at radius 2 is 1.95 bits per heavy atom. The van der Waals surface area contributed by atoms with Crippen LogP contribution in [0.5, 0.6) is 0 Å². The highest BCUT2D eigenvalue weighted by Crippen LogP contribution is 2.42. The SMILES string of the molecule is Cc1nc(Nc2cncc(N3CCCC3=O)n2)sc1-c1cc2c(c(S(C)(=O)=O)c1)C(=O)N([C@@H](C)C1CC1)C2. The highest BCUT2D eigenvalue weighted by Gasteiger charge is 2.41. The van der Waals surface area contributed by atoms with E-state index in [0.717, 1.165) is 41.7 Å². The van der Waals surface area contributed by atoms with E-state index in [1.54, 1.807) is 23.4 Å². The predicted molar refractivity (Wildman–Crippen MR) is 144 cm³/mol. The van der Waals surface area contributed by atoms with Gasteiger partial charge >= 0.3 is 0 Å². The molecule has 0 unspecified atom stereocenters. The van der Waals surface area contributed by atoms with Gasteiger partial charge in [-0.15, -0.1) is 0 Å². The van der Waals surface area contributed by atoms with Gasteiger partial charge in [-0.1, -0.05) is 11.3 Å². The molecule has 3 aliphatic rings. The van der Waals surface area contributed by atoms with Crippen molar-refractivity contribution in [3.05, 3.63) is 41.3 Å². The molecule has 12 heteroatoms. The Hall–Kier alpha value is -3.38. The van der Waals surface area contributed by atoms with Crippen LogP contribution in [0.15, 0.2) is 29.4 Å². The van der Waals surface area contributed by atoms with Crippen molar-refractivity contribution < 1.29 is 18.0 Å². The van der Waals surface area contributed by atoms with Crippen molar-refractivity contribution in [2.45, 2.75) is 57.0 Å². The number of nitrogens with zero attached hydrogens (tertiary/aromatic N) is 5. The van der Waals surface area contributed by atoms with Gasteiger partial charge < -0.3 is 10.2 Å². The van der Waals surface area contributed by atoms with Crippen molar-refractivity contribution in [2.75, 3.05) is 23.0 Å². The number of anilines is 3. The normalized spacial score (nSPS) is 18.3. The summed E-state index contributed by atoms with van der Waals surface area (Å²) in [6.45, 7) is 4.94. The van der Waals surface area contributed by atoms with E-state index >= 15 is 0 Å². The van der Waals surface area contributed by atoms with Crippen LogP contribution in [0.2, 0.25) is 0 Å². The smallest absolute Gasteiger partial charge is 0.256 e. The van der Waals surface area contributed by atoms with Gasteiger partial charge in [-0.05, 0) is 62.3 Å². The summed E-state index contributed by atoms with van der Waals surface area (Å²) in [4.78, 5) is 43.1. The second kappa shape index (κ2) is 9.12. The number of thiazole rings is 1. The molecular weight excluding hydrogens is 524 g/mol. The van der Waals surface area contributed by atoms with Gasteiger partial charge in [-0.2, -0.15) is 0 Å². The van der Waals surface area contributed by atoms with Gasteiger partial charge in [0.2, 0.25) is 5.91 Å². The van der Waals surface area contributed by atoms with Gasteiger partial charge in [-0.3, -0.25) is 19.5 Å². The molecule has 2 amide bonds.